The van der Waals surface area contributed by atoms with Crippen molar-refractivity contribution in [2.75, 3.05) is 25.5 Å². The molecule has 0 spiro atoms. The van der Waals surface area contributed by atoms with Crippen molar-refractivity contribution in [1.82, 2.24) is 15.2 Å². The number of nitrogens with one attached hydrogen (secondary N) is 2. The highest BCUT2D eigenvalue weighted by atomic mass is 32.1. The van der Waals surface area contributed by atoms with E-state index in [4.69, 9.17) is 4.74 Å². The zero-order valence-electron chi connectivity index (χ0n) is 16.0. The van der Waals surface area contributed by atoms with E-state index < -0.39 is 11.8 Å². The van der Waals surface area contributed by atoms with E-state index in [2.05, 4.69) is 27.6 Å². The molecular weight excluding hydrogens is 376 g/mol. The van der Waals surface area contributed by atoms with Crippen molar-refractivity contribution >= 4 is 28.8 Å². The molecule has 0 saturated heterocycles. The quantitative estimate of drug-likeness (QED) is 0.663. The van der Waals surface area contributed by atoms with Crippen molar-refractivity contribution in [3.8, 4) is 5.75 Å². The van der Waals surface area contributed by atoms with Crippen LogP contribution in [0.25, 0.3) is 0 Å². The van der Waals surface area contributed by atoms with Gasteiger partial charge in [0.25, 0.3) is 0 Å². The summed E-state index contributed by atoms with van der Waals surface area (Å²) in [7, 11) is 2.07. The van der Waals surface area contributed by atoms with Crippen LogP contribution in [0.15, 0.2) is 35.2 Å². The minimum atomic E-state index is -0.701. The summed E-state index contributed by atoms with van der Waals surface area (Å²) in [6.45, 7) is 1.48. The first-order valence-corrected chi connectivity index (χ1v) is 10.5. The maximum Gasteiger partial charge on any atom is 0.313 e. The summed E-state index contributed by atoms with van der Waals surface area (Å²) < 4.78 is 5.72. The van der Waals surface area contributed by atoms with Gasteiger partial charge in [0.2, 0.25) is 0 Å². The number of rotatable bonds is 8. The van der Waals surface area contributed by atoms with Gasteiger partial charge in [0, 0.05) is 24.5 Å². The molecule has 2 aromatic rings. The van der Waals surface area contributed by atoms with Crippen LogP contribution in [-0.2, 0) is 16.2 Å². The molecule has 1 aliphatic rings. The van der Waals surface area contributed by atoms with Crippen LogP contribution in [0.5, 0.6) is 5.75 Å². The summed E-state index contributed by atoms with van der Waals surface area (Å²) in [6, 6.07) is 7.63. The van der Waals surface area contributed by atoms with Crippen LogP contribution in [0.2, 0.25) is 0 Å². The molecule has 1 fully saturated rings. The number of nitrogens with zero attached hydrogens (tertiary/aromatic N) is 2. The maximum atomic E-state index is 12.2. The fraction of sp³-hybridized carbons (Fsp3) is 0.450. The molecule has 0 bridgehead atoms. The predicted molar refractivity (Wildman–Crippen MR) is 109 cm³/mol. The number of aromatic nitrogens is 1. The maximum absolute atomic E-state index is 12.2. The lowest BCUT2D eigenvalue weighted by Crippen LogP contribution is -2.41. The van der Waals surface area contributed by atoms with Crippen LogP contribution in [0.4, 0.5) is 5.69 Å². The second-order valence-corrected chi connectivity index (χ2v) is 7.61. The third-order valence-electron chi connectivity index (χ3n) is 4.90. The number of para-hydroxylation sites is 2. The molecule has 3 rings (SSSR count). The van der Waals surface area contributed by atoms with Crippen molar-refractivity contribution in [2.45, 2.75) is 38.3 Å². The minimum absolute atomic E-state index is 0.302. The highest BCUT2D eigenvalue weighted by Gasteiger charge is 2.20. The largest absolute Gasteiger partial charge is 0.485 e. The van der Waals surface area contributed by atoms with Crippen molar-refractivity contribution in [3.63, 3.8) is 0 Å². The lowest BCUT2D eigenvalue weighted by atomic mass is 10.2. The Labute approximate surface area is 169 Å². The van der Waals surface area contributed by atoms with Gasteiger partial charge in [-0.05, 0) is 32.0 Å². The number of carbonyl (C=O) groups excluding carboxylic acids is 2. The standard InChI is InChI=1S/C20H26N4O3S/c1-24(16-6-2-3-7-16)11-10-21-19(25)20(26)23-17-8-4-5-9-18(17)27-12-15-13-28-14-22-15/h4-5,8-9,13-14,16H,2-3,6-7,10-12H2,1H3,(H,21,25)(H,23,26). The van der Waals surface area contributed by atoms with Crippen molar-refractivity contribution in [1.29, 1.82) is 0 Å². The van der Waals surface area contributed by atoms with E-state index in [1.165, 1.54) is 37.0 Å². The van der Waals surface area contributed by atoms with E-state index >= 15 is 0 Å². The lowest BCUT2D eigenvalue weighted by Gasteiger charge is -2.23. The molecule has 0 aliphatic heterocycles. The van der Waals surface area contributed by atoms with Gasteiger partial charge in [-0.15, -0.1) is 11.3 Å². The van der Waals surface area contributed by atoms with Gasteiger partial charge < -0.3 is 20.3 Å². The number of benzene rings is 1. The highest BCUT2D eigenvalue weighted by molar-refractivity contribution is 7.07. The van der Waals surface area contributed by atoms with E-state index in [0.29, 0.717) is 30.6 Å². The van der Waals surface area contributed by atoms with Gasteiger partial charge in [-0.3, -0.25) is 9.59 Å². The van der Waals surface area contributed by atoms with Crippen LogP contribution >= 0.6 is 11.3 Å². The summed E-state index contributed by atoms with van der Waals surface area (Å²) in [5.74, 6) is -0.847. The molecule has 150 valence electrons. The van der Waals surface area contributed by atoms with Gasteiger partial charge >= 0.3 is 11.8 Å². The summed E-state index contributed by atoms with van der Waals surface area (Å²) in [4.78, 5) is 30.8. The average molecular weight is 403 g/mol. The van der Waals surface area contributed by atoms with Crippen LogP contribution in [0.1, 0.15) is 31.4 Å². The molecule has 2 N–H and O–H groups in total. The molecule has 8 heteroatoms. The highest BCUT2D eigenvalue weighted by Crippen LogP contribution is 2.25. The number of carbonyl (C=O) groups is 2. The summed E-state index contributed by atoms with van der Waals surface area (Å²) in [6.07, 6.45) is 4.96. The van der Waals surface area contributed by atoms with Gasteiger partial charge in [0.15, 0.2) is 0 Å². The molecule has 0 radical (unpaired) electrons. The van der Waals surface area contributed by atoms with Crippen molar-refractivity contribution in [2.24, 2.45) is 0 Å². The first-order valence-electron chi connectivity index (χ1n) is 9.52. The van der Waals surface area contributed by atoms with Crippen molar-refractivity contribution < 1.29 is 14.3 Å². The lowest BCUT2D eigenvalue weighted by molar-refractivity contribution is -0.136. The van der Waals surface area contributed by atoms with Crippen LogP contribution in [-0.4, -0.2) is 47.9 Å². The molecule has 0 unspecified atom stereocenters. The van der Waals surface area contributed by atoms with E-state index in [-0.39, 0.29) is 0 Å². The average Bonchev–Trinajstić information content (AvgIpc) is 3.41. The SMILES string of the molecule is CN(CCNC(=O)C(=O)Nc1ccccc1OCc1cscn1)C1CCCC1. The first-order chi connectivity index (χ1) is 13.6. The Kier molecular flexibility index (Phi) is 7.39. The van der Waals surface area contributed by atoms with E-state index in [1.807, 2.05) is 11.4 Å². The fourth-order valence-electron chi connectivity index (χ4n) is 3.29. The van der Waals surface area contributed by atoms with E-state index in [1.54, 1.807) is 23.7 Å². The van der Waals surface area contributed by atoms with Crippen LogP contribution in [0.3, 0.4) is 0 Å². The number of amides is 2. The third-order valence-corrected chi connectivity index (χ3v) is 5.53. The number of thiazole rings is 1. The monoisotopic (exact) mass is 402 g/mol. The number of anilines is 1. The van der Waals surface area contributed by atoms with Crippen LogP contribution in [0, 0.1) is 0 Å². The predicted octanol–water partition coefficient (Wildman–Crippen LogP) is 2.65. The molecule has 1 saturated carbocycles. The number of hydrogen-bond acceptors (Lipinski definition) is 6. The van der Waals surface area contributed by atoms with Crippen LogP contribution < -0.4 is 15.4 Å². The van der Waals surface area contributed by atoms with E-state index in [0.717, 1.165) is 12.2 Å². The second kappa shape index (κ2) is 10.2. The molecule has 1 aliphatic carbocycles. The smallest absolute Gasteiger partial charge is 0.313 e. The summed E-state index contributed by atoms with van der Waals surface area (Å²) in [5.41, 5.74) is 3.01. The van der Waals surface area contributed by atoms with Gasteiger partial charge in [-0.1, -0.05) is 25.0 Å². The summed E-state index contributed by atoms with van der Waals surface area (Å²) >= 11 is 1.49. The summed E-state index contributed by atoms with van der Waals surface area (Å²) in [5, 5.41) is 7.22. The Bertz CT molecular complexity index is 776. The first kappa shape index (κ1) is 20.3. The van der Waals surface area contributed by atoms with Gasteiger partial charge in [-0.2, -0.15) is 0 Å². The number of hydrogen-bond donors (Lipinski definition) is 2. The Morgan fingerprint density at radius 1 is 1.25 bits per heavy atom. The molecule has 1 aromatic heterocycles. The molecule has 0 atom stereocenters. The Morgan fingerprint density at radius 3 is 2.79 bits per heavy atom. The Morgan fingerprint density at radius 2 is 2.04 bits per heavy atom. The normalized spacial score (nSPS) is 14.2. The number of likely N-dealkylation sites (N-methyl/N-ethyl adjacent to an activating group) is 1. The van der Waals surface area contributed by atoms with Crippen molar-refractivity contribution in [3.05, 3.63) is 40.8 Å². The number of ether oxygens (including phenoxy) is 1. The Balaban J connectivity index is 1.46. The topological polar surface area (TPSA) is 83.6 Å². The zero-order chi connectivity index (χ0) is 19.8. The van der Waals surface area contributed by atoms with Gasteiger partial charge in [0.1, 0.15) is 12.4 Å². The Hall–Kier alpha value is -2.45. The molecule has 28 heavy (non-hydrogen) atoms. The van der Waals surface area contributed by atoms with Gasteiger partial charge in [0.05, 0.1) is 16.9 Å². The molecule has 7 nitrogen and oxygen atoms in total. The van der Waals surface area contributed by atoms with Gasteiger partial charge in [-0.25, -0.2) is 4.98 Å². The third kappa shape index (κ3) is 5.77. The molecular formula is C20H26N4O3S. The fourth-order valence-corrected chi connectivity index (χ4v) is 3.83. The minimum Gasteiger partial charge on any atom is -0.485 e. The molecule has 1 aromatic carbocycles. The zero-order valence-corrected chi connectivity index (χ0v) is 16.8. The molecule has 2 amide bonds. The second-order valence-electron chi connectivity index (χ2n) is 6.89. The van der Waals surface area contributed by atoms with E-state index in [9.17, 15) is 9.59 Å². The molecule has 1 heterocycles.